The van der Waals surface area contributed by atoms with Gasteiger partial charge in [0.05, 0.1) is 18.2 Å². The molecular formula is C50H100N2O8. The summed E-state index contributed by atoms with van der Waals surface area (Å²) in [7, 11) is 0. The average molecular weight is 857 g/mol. The van der Waals surface area contributed by atoms with Crippen LogP contribution in [0.5, 0.6) is 0 Å². The summed E-state index contributed by atoms with van der Waals surface area (Å²) in [6, 6.07) is -2.16. The summed E-state index contributed by atoms with van der Waals surface area (Å²) in [4.78, 5) is 13.1. The molecule has 0 spiro atoms. The molecule has 9 N–H and O–H groups in total. The number of rotatable bonds is 43. The largest absolute Gasteiger partial charge is 0.390 e. The fourth-order valence-electron chi connectivity index (χ4n) is 8.98. The van der Waals surface area contributed by atoms with E-state index in [9.17, 15) is 40.5 Å². The molecule has 0 heterocycles. The van der Waals surface area contributed by atoms with Crippen LogP contribution in [-0.4, -0.2) is 103 Å². The van der Waals surface area contributed by atoms with Crippen LogP contribution in [0.3, 0.4) is 0 Å². The maximum absolute atomic E-state index is 13.1. The predicted molar refractivity (Wildman–Crippen MR) is 248 cm³/mol. The minimum Gasteiger partial charge on any atom is -0.390 e. The van der Waals surface area contributed by atoms with Gasteiger partial charge in [-0.05, 0) is 12.8 Å². The standard InChI is InChI=1S/C50H100N2O8/c1-3-5-7-9-11-13-15-17-18-19-20-21-22-23-24-25-26-27-29-31-33-35-37-39-43(54)52-41(40-51-44-46(56)48(58)50(60)49(59)47(44)57)45(55)42(53)38-36-34-32-30-28-16-14-12-10-8-6-4-2/h41-42,44-51,53,55-60H,3-40H2,1-2H3,(H,52,54)/t41-,42+,44?,45-,46-,47+,48+,49-,50?/m0/s1. The zero-order valence-electron chi connectivity index (χ0n) is 39.1. The normalized spacial score (nSPS) is 22.2. The second kappa shape index (κ2) is 39.7. The lowest BCUT2D eigenvalue weighted by Gasteiger charge is -2.43. The summed E-state index contributed by atoms with van der Waals surface area (Å²) >= 11 is 0. The highest BCUT2D eigenvalue weighted by molar-refractivity contribution is 5.76. The van der Waals surface area contributed by atoms with Crippen molar-refractivity contribution in [1.29, 1.82) is 0 Å². The van der Waals surface area contributed by atoms with Gasteiger partial charge in [0.15, 0.2) is 0 Å². The second-order valence-corrected chi connectivity index (χ2v) is 18.8. The van der Waals surface area contributed by atoms with Crippen LogP contribution < -0.4 is 10.6 Å². The Morgan fingerprint density at radius 1 is 0.417 bits per heavy atom. The summed E-state index contributed by atoms with van der Waals surface area (Å²) in [5.41, 5.74) is 0. The van der Waals surface area contributed by atoms with Gasteiger partial charge in [-0.2, -0.15) is 0 Å². The van der Waals surface area contributed by atoms with Crippen LogP contribution in [0.25, 0.3) is 0 Å². The Kier molecular flexibility index (Phi) is 37.8. The lowest BCUT2D eigenvalue weighted by molar-refractivity contribution is -0.190. The summed E-state index contributed by atoms with van der Waals surface area (Å²) in [5, 5.41) is 79.3. The first kappa shape index (κ1) is 57.2. The number of hydrogen-bond acceptors (Lipinski definition) is 9. The molecule has 60 heavy (non-hydrogen) atoms. The predicted octanol–water partition coefficient (Wildman–Crippen LogP) is 9.44. The van der Waals surface area contributed by atoms with E-state index < -0.39 is 54.8 Å². The molecule has 0 radical (unpaired) electrons. The quantitative estimate of drug-likeness (QED) is 0.0270. The summed E-state index contributed by atoms with van der Waals surface area (Å²) in [5.74, 6) is -0.248. The van der Waals surface area contributed by atoms with Gasteiger partial charge < -0.3 is 46.4 Å². The number of nitrogens with one attached hydrogen (secondary N) is 2. The van der Waals surface area contributed by atoms with Gasteiger partial charge in [-0.25, -0.2) is 0 Å². The number of carbonyl (C=O) groups is 1. The van der Waals surface area contributed by atoms with E-state index in [4.69, 9.17) is 0 Å². The molecule has 0 aromatic rings. The highest BCUT2D eigenvalue weighted by atomic mass is 16.4. The SMILES string of the molecule is CCCCCCCCCCCCCCCCCCCCCCCCCC(=O)N[C@@H](CNC1[C@@H](O)[C@H](O)C(O)[C@H](O)[C@H]1O)[C@H](O)[C@H](O)CCCCCCCCCCCCCC. The zero-order valence-corrected chi connectivity index (χ0v) is 39.1. The van der Waals surface area contributed by atoms with Gasteiger partial charge in [0.1, 0.15) is 36.6 Å². The number of aliphatic hydroxyl groups is 7. The van der Waals surface area contributed by atoms with Crippen molar-refractivity contribution in [2.75, 3.05) is 6.54 Å². The molecule has 1 saturated carbocycles. The number of hydrogen-bond donors (Lipinski definition) is 9. The van der Waals surface area contributed by atoms with E-state index in [0.29, 0.717) is 6.42 Å². The van der Waals surface area contributed by atoms with Crippen molar-refractivity contribution in [2.45, 2.75) is 306 Å². The molecule has 9 atom stereocenters. The summed E-state index contributed by atoms with van der Waals surface area (Å²) < 4.78 is 0. The molecule has 1 aliphatic carbocycles. The third-order valence-corrected chi connectivity index (χ3v) is 13.2. The van der Waals surface area contributed by atoms with Gasteiger partial charge in [-0.1, -0.05) is 232 Å². The molecule has 10 heteroatoms. The van der Waals surface area contributed by atoms with Crippen molar-refractivity contribution < 1.29 is 40.5 Å². The Morgan fingerprint density at radius 3 is 1.03 bits per heavy atom. The van der Waals surface area contributed by atoms with Crippen LogP contribution in [0, 0.1) is 0 Å². The first-order valence-corrected chi connectivity index (χ1v) is 25.9. The Morgan fingerprint density at radius 2 is 0.700 bits per heavy atom. The number of carbonyl (C=O) groups excluding carboxylic acids is 1. The minimum absolute atomic E-state index is 0.129. The van der Waals surface area contributed by atoms with Gasteiger partial charge in [0.2, 0.25) is 5.91 Å². The molecule has 1 aliphatic rings. The molecule has 0 aromatic carbocycles. The maximum atomic E-state index is 13.1. The van der Waals surface area contributed by atoms with Crippen molar-refractivity contribution >= 4 is 5.91 Å². The van der Waals surface area contributed by atoms with Crippen molar-refractivity contribution in [1.82, 2.24) is 10.6 Å². The van der Waals surface area contributed by atoms with Crippen LogP contribution in [0.4, 0.5) is 0 Å². The van der Waals surface area contributed by atoms with Gasteiger partial charge in [0, 0.05) is 13.0 Å². The Labute approximate surface area is 368 Å². The maximum Gasteiger partial charge on any atom is 0.220 e. The van der Waals surface area contributed by atoms with Crippen molar-refractivity contribution in [3.05, 3.63) is 0 Å². The van der Waals surface area contributed by atoms with Crippen LogP contribution in [0.2, 0.25) is 0 Å². The second-order valence-electron chi connectivity index (χ2n) is 18.8. The van der Waals surface area contributed by atoms with E-state index in [0.717, 1.165) is 51.4 Å². The number of aliphatic hydroxyl groups excluding tert-OH is 7. The van der Waals surface area contributed by atoms with E-state index in [1.54, 1.807) is 0 Å². The fraction of sp³-hybridized carbons (Fsp3) is 0.980. The molecule has 0 aromatic heterocycles. The molecule has 0 aliphatic heterocycles. The molecular weight excluding hydrogens is 757 g/mol. The average Bonchev–Trinajstić information content (AvgIpc) is 3.24. The Hall–Kier alpha value is -0.850. The highest BCUT2D eigenvalue weighted by Crippen LogP contribution is 2.23. The topological polar surface area (TPSA) is 183 Å². The van der Waals surface area contributed by atoms with Crippen LogP contribution >= 0.6 is 0 Å². The minimum atomic E-state index is -1.71. The van der Waals surface area contributed by atoms with Gasteiger partial charge in [-0.3, -0.25) is 4.79 Å². The molecule has 2 unspecified atom stereocenters. The molecule has 0 saturated heterocycles. The van der Waals surface area contributed by atoms with Gasteiger partial charge >= 0.3 is 0 Å². The number of amides is 1. The van der Waals surface area contributed by atoms with Crippen LogP contribution in [0.1, 0.15) is 251 Å². The van der Waals surface area contributed by atoms with Gasteiger partial charge in [0.25, 0.3) is 0 Å². The lowest BCUT2D eigenvalue weighted by atomic mass is 9.83. The van der Waals surface area contributed by atoms with E-state index in [2.05, 4.69) is 24.5 Å². The van der Waals surface area contributed by atoms with E-state index in [-0.39, 0.29) is 18.9 Å². The van der Waals surface area contributed by atoms with Gasteiger partial charge in [-0.15, -0.1) is 0 Å². The van der Waals surface area contributed by atoms with Crippen molar-refractivity contribution in [3.63, 3.8) is 0 Å². The molecule has 1 fully saturated rings. The molecule has 1 rings (SSSR count). The zero-order chi connectivity index (χ0) is 44.1. The van der Waals surface area contributed by atoms with E-state index >= 15 is 0 Å². The summed E-state index contributed by atoms with van der Waals surface area (Å²) in [6.45, 7) is 4.39. The van der Waals surface area contributed by atoms with E-state index in [1.807, 2.05) is 0 Å². The molecule has 10 nitrogen and oxygen atoms in total. The first-order valence-electron chi connectivity index (χ1n) is 25.9. The molecule has 0 bridgehead atoms. The Bertz CT molecular complexity index is 930. The van der Waals surface area contributed by atoms with E-state index in [1.165, 1.54) is 173 Å². The molecule has 1 amide bonds. The fourth-order valence-corrected chi connectivity index (χ4v) is 8.98. The lowest BCUT2D eigenvalue weighted by Crippen LogP contribution is -2.69. The van der Waals surface area contributed by atoms with Crippen LogP contribution in [-0.2, 0) is 4.79 Å². The Balaban J connectivity index is 2.27. The third kappa shape index (κ3) is 28.8. The summed E-state index contributed by atoms with van der Waals surface area (Å²) in [6.07, 6.45) is 34.4. The smallest absolute Gasteiger partial charge is 0.220 e. The first-order chi connectivity index (χ1) is 29.1. The third-order valence-electron chi connectivity index (χ3n) is 13.2. The highest BCUT2D eigenvalue weighted by Gasteiger charge is 2.48. The number of unbranched alkanes of at least 4 members (excludes halogenated alkanes) is 33. The van der Waals surface area contributed by atoms with Crippen LogP contribution in [0.15, 0.2) is 0 Å². The van der Waals surface area contributed by atoms with Crippen molar-refractivity contribution in [3.8, 4) is 0 Å². The van der Waals surface area contributed by atoms with Crippen molar-refractivity contribution in [2.24, 2.45) is 0 Å². The molecule has 358 valence electrons. The monoisotopic (exact) mass is 857 g/mol.